The van der Waals surface area contributed by atoms with Crippen LogP contribution in [-0.4, -0.2) is 41.0 Å². The van der Waals surface area contributed by atoms with Gasteiger partial charge in [0, 0.05) is 19.2 Å². The summed E-state index contributed by atoms with van der Waals surface area (Å²) in [6, 6.07) is 0.882. The van der Waals surface area contributed by atoms with Crippen molar-refractivity contribution in [2.75, 3.05) is 37.2 Å². The summed E-state index contributed by atoms with van der Waals surface area (Å²) in [7, 11) is 0. The number of anilines is 2. The molecule has 1 fully saturated rings. The van der Waals surface area contributed by atoms with Crippen LogP contribution in [0.1, 0.15) is 25.0 Å². The lowest BCUT2D eigenvalue weighted by atomic mass is 10.1. The Bertz CT molecular complexity index is 443. The van der Waals surface area contributed by atoms with Gasteiger partial charge in [-0.05, 0) is 25.9 Å². The van der Waals surface area contributed by atoms with Crippen LogP contribution in [0.4, 0.5) is 24.9 Å². The van der Waals surface area contributed by atoms with Gasteiger partial charge in [-0.2, -0.15) is 18.2 Å². The van der Waals surface area contributed by atoms with E-state index in [1.54, 1.807) is 0 Å². The number of piperidine rings is 1. The van der Waals surface area contributed by atoms with Crippen molar-refractivity contribution in [2.24, 2.45) is 0 Å². The van der Waals surface area contributed by atoms with Gasteiger partial charge in [0.2, 0.25) is 5.95 Å². The molecule has 0 aliphatic carbocycles. The van der Waals surface area contributed by atoms with Crippen molar-refractivity contribution in [3.63, 3.8) is 0 Å². The average Bonchev–Trinajstić information content (AvgIpc) is 2.38. The molecule has 3 N–H and O–H groups in total. The third kappa shape index (κ3) is 4.22. The number of halogens is 3. The van der Waals surface area contributed by atoms with Crippen molar-refractivity contribution in [3.05, 3.63) is 11.8 Å². The van der Waals surface area contributed by atoms with E-state index in [2.05, 4.69) is 20.2 Å². The lowest BCUT2D eigenvalue weighted by Crippen LogP contribution is -2.33. The van der Waals surface area contributed by atoms with Gasteiger partial charge in [0.1, 0.15) is 5.82 Å². The van der Waals surface area contributed by atoms with Crippen LogP contribution in [0.3, 0.4) is 0 Å². The van der Waals surface area contributed by atoms with E-state index in [4.69, 9.17) is 5.73 Å². The van der Waals surface area contributed by atoms with Crippen molar-refractivity contribution >= 4 is 11.8 Å². The highest BCUT2D eigenvalue weighted by atomic mass is 19.4. The van der Waals surface area contributed by atoms with Crippen LogP contribution >= 0.6 is 0 Å². The number of alkyl halides is 3. The largest absolute Gasteiger partial charge is 0.433 e. The van der Waals surface area contributed by atoms with Gasteiger partial charge in [-0.1, -0.05) is 6.42 Å². The van der Waals surface area contributed by atoms with Crippen molar-refractivity contribution in [3.8, 4) is 0 Å². The zero-order valence-corrected chi connectivity index (χ0v) is 11.1. The summed E-state index contributed by atoms with van der Waals surface area (Å²) in [5, 5.41) is 2.87. The number of likely N-dealkylation sites (tertiary alicyclic amines) is 1. The highest BCUT2D eigenvalue weighted by molar-refractivity contribution is 5.41. The Balaban J connectivity index is 1.90. The molecule has 0 unspecified atom stereocenters. The van der Waals surface area contributed by atoms with Gasteiger partial charge >= 0.3 is 6.18 Å². The number of aromatic nitrogens is 2. The molecule has 8 heteroatoms. The number of nitrogens with one attached hydrogen (secondary N) is 1. The molecule has 0 amide bonds. The second-order valence-electron chi connectivity index (χ2n) is 4.82. The molecule has 0 atom stereocenters. The number of nitrogens with two attached hydrogens (primary N) is 1. The van der Waals surface area contributed by atoms with Crippen molar-refractivity contribution in [2.45, 2.75) is 25.4 Å². The van der Waals surface area contributed by atoms with E-state index in [0.29, 0.717) is 6.54 Å². The standard InChI is InChI=1S/C12H18F3N5/c13-12(14,15)9-8-10(19-11(16)18-9)17-4-7-20-5-2-1-3-6-20/h8H,1-7H2,(H3,16,17,18,19). The van der Waals surface area contributed by atoms with Crippen LogP contribution in [0.5, 0.6) is 0 Å². The Morgan fingerprint density at radius 2 is 1.90 bits per heavy atom. The van der Waals surface area contributed by atoms with E-state index in [0.717, 1.165) is 25.7 Å². The Hall–Kier alpha value is -1.57. The molecule has 1 aliphatic rings. The van der Waals surface area contributed by atoms with E-state index in [1.807, 2.05) is 0 Å². The highest BCUT2D eigenvalue weighted by Gasteiger charge is 2.33. The fourth-order valence-electron chi connectivity index (χ4n) is 2.23. The van der Waals surface area contributed by atoms with E-state index >= 15 is 0 Å². The van der Waals surface area contributed by atoms with Crippen LogP contribution in [0.15, 0.2) is 6.07 Å². The summed E-state index contributed by atoms with van der Waals surface area (Å²) in [6.07, 6.45) is -0.904. The molecule has 1 saturated heterocycles. The van der Waals surface area contributed by atoms with Gasteiger partial charge in [-0.25, -0.2) is 4.98 Å². The van der Waals surface area contributed by atoms with Gasteiger partial charge < -0.3 is 16.0 Å². The average molecular weight is 289 g/mol. The minimum absolute atomic E-state index is 0.113. The molecule has 0 aromatic carbocycles. The lowest BCUT2D eigenvalue weighted by Gasteiger charge is -2.26. The molecular weight excluding hydrogens is 271 g/mol. The van der Waals surface area contributed by atoms with Crippen molar-refractivity contribution in [1.29, 1.82) is 0 Å². The number of rotatable bonds is 4. The molecule has 1 aliphatic heterocycles. The lowest BCUT2D eigenvalue weighted by molar-refractivity contribution is -0.141. The van der Waals surface area contributed by atoms with Crippen LogP contribution in [0.2, 0.25) is 0 Å². The first-order chi connectivity index (χ1) is 9.45. The van der Waals surface area contributed by atoms with Crippen LogP contribution in [-0.2, 0) is 6.18 Å². The normalized spacial score (nSPS) is 17.1. The summed E-state index contributed by atoms with van der Waals surface area (Å²) in [6.45, 7) is 3.40. The van der Waals surface area contributed by atoms with E-state index in [9.17, 15) is 13.2 Å². The highest BCUT2D eigenvalue weighted by Crippen LogP contribution is 2.29. The fourth-order valence-corrected chi connectivity index (χ4v) is 2.23. The minimum atomic E-state index is -4.51. The molecular formula is C12H18F3N5. The first-order valence-corrected chi connectivity index (χ1v) is 6.63. The maximum Gasteiger partial charge on any atom is 0.433 e. The maximum absolute atomic E-state index is 12.6. The number of hydrogen-bond donors (Lipinski definition) is 2. The van der Waals surface area contributed by atoms with Crippen LogP contribution < -0.4 is 11.1 Å². The molecule has 0 radical (unpaired) electrons. The monoisotopic (exact) mass is 289 g/mol. The smallest absolute Gasteiger partial charge is 0.369 e. The third-order valence-corrected chi connectivity index (χ3v) is 3.22. The summed E-state index contributed by atoms with van der Waals surface area (Å²) >= 11 is 0. The quantitative estimate of drug-likeness (QED) is 0.887. The molecule has 0 spiro atoms. The summed E-state index contributed by atoms with van der Waals surface area (Å²) < 4.78 is 37.7. The topological polar surface area (TPSA) is 67.1 Å². The number of hydrogen-bond acceptors (Lipinski definition) is 5. The predicted octanol–water partition coefficient (Wildman–Crippen LogP) is 1.98. The third-order valence-electron chi connectivity index (χ3n) is 3.22. The zero-order chi connectivity index (χ0) is 14.6. The summed E-state index contributed by atoms with van der Waals surface area (Å²) in [4.78, 5) is 9.24. The fraction of sp³-hybridized carbons (Fsp3) is 0.667. The van der Waals surface area contributed by atoms with Crippen molar-refractivity contribution in [1.82, 2.24) is 14.9 Å². The van der Waals surface area contributed by atoms with Gasteiger partial charge in [0.05, 0.1) is 0 Å². The minimum Gasteiger partial charge on any atom is -0.369 e. The number of nitrogens with zero attached hydrogens (tertiary/aromatic N) is 3. The van der Waals surface area contributed by atoms with Crippen LogP contribution in [0.25, 0.3) is 0 Å². The molecule has 20 heavy (non-hydrogen) atoms. The molecule has 2 heterocycles. The second kappa shape index (κ2) is 6.25. The Morgan fingerprint density at radius 3 is 2.55 bits per heavy atom. The summed E-state index contributed by atoms with van der Waals surface area (Å²) in [5.74, 6) is -0.262. The van der Waals surface area contributed by atoms with E-state index < -0.39 is 11.9 Å². The van der Waals surface area contributed by atoms with Gasteiger partial charge in [0.25, 0.3) is 0 Å². The summed E-state index contributed by atoms with van der Waals surface area (Å²) in [5.41, 5.74) is 4.28. The molecule has 112 valence electrons. The van der Waals surface area contributed by atoms with Crippen molar-refractivity contribution < 1.29 is 13.2 Å². The Morgan fingerprint density at radius 1 is 1.20 bits per heavy atom. The second-order valence-corrected chi connectivity index (χ2v) is 4.82. The molecule has 1 aromatic heterocycles. The van der Waals surface area contributed by atoms with Gasteiger partial charge in [-0.3, -0.25) is 0 Å². The number of nitrogen functional groups attached to an aromatic ring is 1. The van der Waals surface area contributed by atoms with Crippen LogP contribution in [0, 0.1) is 0 Å². The predicted molar refractivity (Wildman–Crippen MR) is 70.2 cm³/mol. The zero-order valence-electron chi connectivity index (χ0n) is 11.1. The molecule has 0 saturated carbocycles. The molecule has 2 rings (SSSR count). The van der Waals surface area contributed by atoms with E-state index in [1.165, 1.54) is 19.3 Å². The first-order valence-electron chi connectivity index (χ1n) is 6.63. The SMILES string of the molecule is Nc1nc(NCCN2CCCCC2)cc(C(F)(F)F)n1. The first kappa shape index (κ1) is 14.8. The maximum atomic E-state index is 12.6. The molecule has 5 nitrogen and oxygen atoms in total. The van der Waals surface area contributed by atoms with Gasteiger partial charge in [-0.15, -0.1) is 0 Å². The molecule has 1 aromatic rings. The van der Waals surface area contributed by atoms with Gasteiger partial charge in [0.15, 0.2) is 5.69 Å². The Labute approximate surface area is 115 Å². The molecule has 0 bridgehead atoms. The Kier molecular flexibility index (Phi) is 4.64. The van der Waals surface area contributed by atoms with E-state index in [-0.39, 0.29) is 11.8 Å².